The first kappa shape index (κ1) is 17.6. The van der Waals surface area contributed by atoms with Crippen molar-refractivity contribution in [3.8, 4) is 0 Å². The Bertz CT molecular complexity index is 950. The van der Waals surface area contributed by atoms with E-state index in [1.165, 1.54) is 4.70 Å². The van der Waals surface area contributed by atoms with Crippen LogP contribution in [0, 0.1) is 0 Å². The Kier molecular flexibility index (Phi) is 4.87. The molecule has 0 spiro atoms. The normalized spacial score (nSPS) is 17.3. The Morgan fingerprint density at radius 1 is 1.19 bits per heavy atom. The van der Waals surface area contributed by atoms with Crippen LogP contribution in [-0.2, 0) is 4.79 Å². The highest BCUT2D eigenvalue weighted by Gasteiger charge is 2.30. The number of hydrogen-bond acceptors (Lipinski definition) is 5. The van der Waals surface area contributed by atoms with Gasteiger partial charge in [0.25, 0.3) is 0 Å². The van der Waals surface area contributed by atoms with Crippen LogP contribution in [0.1, 0.15) is 34.2 Å². The average Bonchev–Trinajstić information content (AvgIpc) is 3.28. The van der Waals surface area contributed by atoms with Crippen molar-refractivity contribution in [3.05, 3.63) is 59.1 Å². The van der Waals surface area contributed by atoms with E-state index in [4.69, 9.17) is 10.7 Å². The Morgan fingerprint density at radius 2 is 1.96 bits per heavy atom. The van der Waals surface area contributed by atoms with Gasteiger partial charge in [0.05, 0.1) is 22.8 Å². The number of nitrogens with two attached hydrogens (primary N) is 1. The van der Waals surface area contributed by atoms with Crippen molar-refractivity contribution in [1.29, 1.82) is 0 Å². The number of nitrogens with one attached hydrogen (secondary N) is 1. The number of fused-ring (bicyclic) bond motifs is 1. The Hall–Kier alpha value is -2.77. The van der Waals surface area contributed by atoms with Crippen LogP contribution in [-0.4, -0.2) is 34.8 Å². The highest BCUT2D eigenvalue weighted by molar-refractivity contribution is 7.18. The predicted octanol–water partition coefficient (Wildman–Crippen LogP) is 3.17. The zero-order chi connectivity index (χ0) is 18.8. The first-order valence-electron chi connectivity index (χ1n) is 8.89. The number of nitrogens with zero attached hydrogens (tertiary/aromatic N) is 2. The SMILES string of the molecule is NC(=O)c1ccc(NC(=O)CN2CCC[C@@H]2c2nc3ccccc3s2)cc1. The second-order valence-electron chi connectivity index (χ2n) is 6.64. The van der Waals surface area contributed by atoms with E-state index in [0.29, 0.717) is 17.8 Å². The third kappa shape index (κ3) is 3.84. The summed E-state index contributed by atoms with van der Waals surface area (Å²) in [5, 5.41) is 3.96. The predicted molar refractivity (Wildman–Crippen MR) is 107 cm³/mol. The van der Waals surface area contributed by atoms with Gasteiger partial charge in [-0.2, -0.15) is 0 Å². The molecular formula is C20H20N4O2S. The molecule has 0 bridgehead atoms. The quantitative estimate of drug-likeness (QED) is 0.712. The molecule has 27 heavy (non-hydrogen) atoms. The van der Waals surface area contributed by atoms with Crippen molar-refractivity contribution in [3.63, 3.8) is 0 Å². The largest absolute Gasteiger partial charge is 0.366 e. The Labute approximate surface area is 161 Å². The molecule has 138 valence electrons. The number of benzene rings is 2. The fourth-order valence-corrected chi connectivity index (χ4v) is 4.57. The summed E-state index contributed by atoms with van der Waals surface area (Å²) in [5.41, 5.74) is 7.32. The topological polar surface area (TPSA) is 88.3 Å². The number of rotatable bonds is 5. The second-order valence-corrected chi connectivity index (χ2v) is 7.70. The minimum atomic E-state index is -0.483. The van der Waals surface area contributed by atoms with E-state index in [1.807, 2.05) is 18.2 Å². The molecule has 7 heteroatoms. The second kappa shape index (κ2) is 7.46. The molecule has 1 saturated heterocycles. The number of anilines is 1. The summed E-state index contributed by atoms with van der Waals surface area (Å²) in [7, 11) is 0. The van der Waals surface area contributed by atoms with Gasteiger partial charge in [0.1, 0.15) is 5.01 Å². The van der Waals surface area contributed by atoms with E-state index in [9.17, 15) is 9.59 Å². The lowest BCUT2D eigenvalue weighted by molar-refractivity contribution is -0.117. The molecule has 1 fully saturated rings. The minimum Gasteiger partial charge on any atom is -0.366 e. The standard InChI is InChI=1S/C20H20N4O2S/c21-19(26)13-7-9-14(10-8-13)22-18(25)12-24-11-3-5-16(24)20-23-15-4-1-2-6-17(15)27-20/h1-2,4,6-10,16H,3,5,11-12H2,(H2,21,26)(H,22,25)/t16-/m1/s1. The van der Waals surface area contributed by atoms with Crippen molar-refractivity contribution >= 4 is 39.1 Å². The molecule has 0 radical (unpaired) electrons. The fourth-order valence-electron chi connectivity index (χ4n) is 3.43. The van der Waals surface area contributed by atoms with Crippen molar-refractivity contribution in [2.45, 2.75) is 18.9 Å². The molecule has 2 amide bonds. The van der Waals surface area contributed by atoms with Gasteiger partial charge in [-0.25, -0.2) is 4.98 Å². The Balaban J connectivity index is 1.43. The highest BCUT2D eigenvalue weighted by Crippen LogP contribution is 2.36. The van der Waals surface area contributed by atoms with Crippen molar-refractivity contribution < 1.29 is 9.59 Å². The third-order valence-electron chi connectivity index (χ3n) is 4.76. The van der Waals surface area contributed by atoms with Crippen LogP contribution in [0.3, 0.4) is 0 Å². The number of thiazole rings is 1. The summed E-state index contributed by atoms with van der Waals surface area (Å²) in [6.45, 7) is 1.20. The van der Waals surface area contributed by atoms with Gasteiger partial charge in [-0.15, -0.1) is 11.3 Å². The summed E-state index contributed by atoms with van der Waals surface area (Å²) in [6, 6.07) is 14.9. The average molecular weight is 380 g/mol. The number of amides is 2. The number of para-hydroxylation sites is 1. The van der Waals surface area contributed by atoms with Gasteiger partial charge in [-0.05, 0) is 55.8 Å². The van der Waals surface area contributed by atoms with E-state index >= 15 is 0 Å². The molecule has 4 rings (SSSR count). The highest BCUT2D eigenvalue weighted by atomic mass is 32.1. The molecule has 1 aliphatic rings. The van der Waals surface area contributed by atoms with Crippen molar-refractivity contribution in [1.82, 2.24) is 9.88 Å². The van der Waals surface area contributed by atoms with Gasteiger partial charge in [0.2, 0.25) is 11.8 Å². The number of carbonyl (C=O) groups is 2. The van der Waals surface area contributed by atoms with Crippen LogP contribution in [0.25, 0.3) is 10.2 Å². The van der Waals surface area contributed by atoms with Gasteiger partial charge < -0.3 is 11.1 Å². The number of likely N-dealkylation sites (tertiary alicyclic amines) is 1. The summed E-state index contributed by atoms with van der Waals surface area (Å²) in [4.78, 5) is 30.5. The first-order valence-corrected chi connectivity index (χ1v) is 9.71. The molecule has 0 saturated carbocycles. The zero-order valence-corrected chi connectivity index (χ0v) is 15.5. The Morgan fingerprint density at radius 3 is 2.70 bits per heavy atom. The summed E-state index contributed by atoms with van der Waals surface area (Å²) in [6.07, 6.45) is 2.07. The van der Waals surface area contributed by atoms with Gasteiger partial charge >= 0.3 is 0 Å². The van der Waals surface area contributed by atoms with Gasteiger partial charge in [0.15, 0.2) is 0 Å². The number of aromatic nitrogens is 1. The molecule has 0 unspecified atom stereocenters. The van der Waals surface area contributed by atoms with Crippen LogP contribution >= 0.6 is 11.3 Å². The lowest BCUT2D eigenvalue weighted by Crippen LogP contribution is -2.32. The zero-order valence-electron chi connectivity index (χ0n) is 14.7. The molecule has 6 nitrogen and oxygen atoms in total. The molecule has 3 N–H and O–H groups in total. The number of hydrogen-bond donors (Lipinski definition) is 2. The smallest absolute Gasteiger partial charge is 0.248 e. The van der Waals surface area contributed by atoms with Crippen LogP contribution in [0.2, 0.25) is 0 Å². The van der Waals surface area contributed by atoms with E-state index in [0.717, 1.165) is 29.9 Å². The van der Waals surface area contributed by atoms with Gasteiger partial charge in [-0.1, -0.05) is 12.1 Å². The number of carbonyl (C=O) groups excluding carboxylic acids is 2. The molecule has 2 aromatic carbocycles. The molecule has 1 aliphatic heterocycles. The monoisotopic (exact) mass is 380 g/mol. The summed E-state index contributed by atoms with van der Waals surface area (Å²) >= 11 is 1.71. The van der Waals surface area contributed by atoms with E-state index < -0.39 is 5.91 Å². The first-order chi connectivity index (χ1) is 13.1. The molecular weight excluding hydrogens is 360 g/mol. The van der Waals surface area contributed by atoms with Gasteiger partial charge in [0, 0.05) is 11.3 Å². The number of primary amides is 1. The van der Waals surface area contributed by atoms with Gasteiger partial charge in [-0.3, -0.25) is 14.5 Å². The van der Waals surface area contributed by atoms with E-state index in [2.05, 4.69) is 16.3 Å². The lowest BCUT2D eigenvalue weighted by atomic mass is 10.2. The summed E-state index contributed by atoms with van der Waals surface area (Å²) < 4.78 is 1.18. The van der Waals surface area contributed by atoms with Crippen molar-refractivity contribution in [2.75, 3.05) is 18.4 Å². The fraction of sp³-hybridized carbons (Fsp3) is 0.250. The van der Waals surface area contributed by atoms with Crippen LogP contribution < -0.4 is 11.1 Å². The maximum absolute atomic E-state index is 12.5. The molecule has 1 atom stereocenters. The van der Waals surface area contributed by atoms with E-state index in [-0.39, 0.29) is 11.9 Å². The maximum Gasteiger partial charge on any atom is 0.248 e. The van der Waals surface area contributed by atoms with E-state index in [1.54, 1.807) is 35.6 Å². The van der Waals surface area contributed by atoms with Crippen molar-refractivity contribution in [2.24, 2.45) is 5.73 Å². The van der Waals surface area contributed by atoms with Crippen LogP contribution in [0.5, 0.6) is 0 Å². The molecule has 0 aliphatic carbocycles. The van der Waals surface area contributed by atoms with Crippen LogP contribution in [0.4, 0.5) is 5.69 Å². The minimum absolute atomic E-state index is 0.0742. The lowest BCUT2D eigenvalue weighted by Gasteiger charge is -2.22. The summed E-state index contributed by atoms with van der Waals surface area (Å²) in [5.74, 6) is -0.557. The third-order valence-corrected chi connectivity index (χ3v) is 5.90. The van der Waals surface area contributed by atoms with Crippen LogP contribution in [0.15, 0.2) is 48.5 Å². The molecule has 2 heterocycles. The molecule has 3 aromatic rings. The molecule has 1 aromatic heterocycles. The maximum atomic E-state index is 12.5.